The number of likely N-dealkylation sites (N-methyl/N-ethyl adjacent to an activating group) is 1. The molecule has 52 heavy (non-hydrogen) atoms. The maximum Gasteiger partial charge on any atom is 0.337 e. The van der Waals surface area contributed by atoms with Crippen molar-refractivity contribution in [3.8, 4) is 0 Å². The maximum absolute atomic E-state index is 14.6. The number of nitrogens with one attached hydrogen (secondary N) is 3. The number of fused-ring (bicyclic) bond motifs is 2. The van der Waals surface area contributed by atoms with Crippen LogP contribution < -0.4 is 20.9 Å². The standard InChI is InChI=1S/C42H47N5O5/c1-43-25-39(48)44-37(23-28-17-21-34(22-18-28)46(2)26-29-15-19-31(20-16-29)42(51)52-3)41(50)47-27-33-11-5-4-10-32(33)24-38(47)40(49)45-36-14-8-12-30-9-6-7-13-35(30)36/h4-7,9-11,13,15-22,36-38,43H,8,12,14,23-27H2,1-3H3,(H,44,48)(H,45,49). The molecule has 3 amide bonds. The normalized spacial score (nSPS) is 16.9. The average Bonchev–Trinajstić information content (AvgIpc) is 3.17. The zero-order valence-corrected chi connectivity index (χ0v) is 30.1. The second-order valence-electron chi connectivity index (χ2n) is 13.7. The summed E-state index contributed by atoms with van der Waals surface area (Å²) in [6.07, 6.45) is 3.47. The van der Waals surface area contributed by atoms with E-state index in [0.29, 0.717) is 18.5 Å². The highest BCUT2D eigenvalue weighted by molar-refractivity contribution is 5.93. The van der Waals surface area contributed by atoms with Crippen LogP contribution in [-0.2, 0) is 51.5 Å². The van der Waals surface area contributed by atoms with E-state index in [4.69, 9.17) is 4.74 Å². The van der Waals surface area contributed by atoms with Crippen LogP contribution >= 0.6 is 0 Å². The van der Waals surface area contributed by atoms with Gasteiger partial charge < -0.3 is 30.5 Å². The van der Waals surface area contributed by atoms with E-state index in [0.717, 1.165) is 52.8 Å². The van der Waals surface area contributed by atoms with Gasteiger partial charge in [0.25, 0.3) is 0 Å². The smallest absolute Gasteiger partial charge is 0.337 e. The monoisotopic (exact) mass is 701 g/mol. The maximum atomic E-state index is 14.6. The number of aryl methyl sites for hydroxylation is 1. The summed E-state index contributed by atoms with van der Waals surface area (Å²) in [5, 5.41) is 9.13. The van der Waals surface area contributed by atoms with Crippen molar-refractivity contribution < 1.29 is 23.9 Å². The second-order valence-corrected chi connectivity index (χ2v) is 13.7. The van der Waals surface area contributed by atoms with Crippen molar-refractivity contribution in [1.29, 1.82) is 0 Å². The highest BCUT2D eigenvalue weighted by Crippen LogP contribution is 2.31. The fourth-order valence-corrected chi connectivity index (χ4v) is 7.32. The van der Waals surface area contributed by atoms with Gasteiger partial charge >= 0.3 is 5.97 Å². The predicted molar refractivity (Wildman–Crippen MR) is 201 cm³/mol. The van der Waals surface area contributed by atoms with Gasteiger partial charge in [-0.1, -0.05) is 72.8 Å². The second kappa shape index (κ2) is 16.7. The van der Waals surface area contributed by atoms with Gasteiger partial charge in [-0.25, -0.2) is 4.79 Å². The van der Waals surface area contributed by atoms with Gasteiger partial charge in [-0.2, -0.15) is 0 Å². The number of carbonyl (C=O) groups is 4. The van der Waals surface area contributed by atoms with Crippen molar-refractivity contribution >= 4 is 29.4 Å². The van der Waals surface area contributed by atoms with E-state index in [1.807, 2.05) is 79.8 Å². The first-order chi connectivity index (χ1) is 25.2. The van der Waals surface area contributed by atoms with Crippen LogP contribution in [0, 0.1) is 0 Å². The zero-order valence-electron chi connectivity index (χ0n) is 30.1. The van der Waals surface area contributed by atoms with Crippen LogP contribution in [0.4, 0.5) is 5.69 Å². The van der Waals surface area contributed by atoms with E-state index in [1.165, 1.54) is 12.7 Å². The third kappa shape index (κ3) is 8.51. The van der Waals surface area contributed by atoms with Crippen molar-refractivity contribution in [2.45, 2.75) is 63.3 Å². The van der Waals surface area contributed by atoms with Gasteiger partial charge in [0.15, 0.2) is 0 Å². The summed E-state index contributed by atoms with van der Waals surface area (Å²) in [5.41, 5.74) is 7.81. The molecule has 3 atom stereocenters. The predicted octanol–water partition coefficient (Wildman–Crippen LogP) is 4.50. The lowest BCUT2D eigenvalue weighted by atomic mass is 9.87. The lowest BCUT2D eigenvalue weighted by Crippen LogP contribution is -2.59. The van der Waals surface area contributed by atoms with E-state index in [-0.39, 0.29) is 49.2 Å². The van der Waals surface area contributed by atoms with E-state index >= 15 is 0 Å². The van der Waals surface area contributed by atoms with Crippen molar-refractivity contribution in [2.75, 3.05) is 32.6 Å². The van der Waals surface area contributed by atoms with Gasteiger partial charge in [-0.15, -0.1) is 0 Å². The van der Waals surface area contributed by atoms with Crippen LogP contribution in [0.25, 0.3) is 0 Å². The Hall–Kier alpha value is -5.48. The number of esters is 1. The topological polar surface area (TPSA) is 120 Å². The van der Waals surface area contributed by atoms with Gasteiger partial charge in [0.05, 0.1) is 25.3 Å². The summed E-state index contributed by atoms with van der Waals surface area (Å²) in [6.45, 7) is 0.952. The molecule has 1 aliphatic heterocycles. The molecule has 4 aromatic rings. The summed E-state index contributed by atoms with van der Waals surface area (Å²) < 4.78 is 4.80. The molecular weight excluding hydrogens is 654 g/mol. The number of methoxy groups -OCH3 is 1. The van der Waals surface area contributed by atoms with Crippen molar-refractivity contribution in [3.63, 3.8) is 0 Å². The third-order valence-electron chi connectivity index (χ3n) is 10.1. The van der Waals surface area contributed by atoms with Crippen LogP contribution in [-0.4, -0.2) is 68.4 Å². The van der Waals surface area contributed by atoms with Crippen molar-refractivity contribution in [2.24, 2.45) is 0 Å². The fourth-order valence-electron chi connectivity index (χ4n) is 7.32. The molecule has 10 heteroatoms. The summed E-state index contributed by atoms with van der Waals surface area (Å²) >= 11 is 0. The van der Waals surface area contributed by atoms with E-state index < -0.39 is 12.1 Å². The Bertz CT molecular complexity index is 1890. The Morgan fingerprint density at radius 3 is 2.25 bits per heavy atom. The molecule has 0 aromatic heterocycles. The molecule has 0 saturated carbocycles. The molecular formula is C42H47N5O5. The molecule has 0 fully saturated rings. The molecule has 1 aliphatic carbocycles. The van der Waals surface area contributed by atoms with Gasteiger partial charge in [0.1, 0.15) is 12.1 Å². The quantitative estimate of drug-likeness (QED) is 0.186. The Morgan fingerprint density at radius 2 is 1.54 bits per heavy atom. The fraction of sp³-hybridized carbons (Fsp3) is 0.333. The number of nitrogens with zero attached hydrogens (tertiary/aromatic N) is 2. The highest BCUT2D eigenvalue weighted by Gasteiger charge is 2.39. The SMILES string of the molecule is CNCC(=O)NC(Cc1ccc(N(C)Cc2ccc(C(=O)OC)cc2)cc1)C(=O)N1Cc2ccccc2CC1C(=O)NC1CCCc2ccccc21. The Balaban J connectivity index is 1.20. The molecule has 0 spiro atoms. The van der Waals surface area contributed by atoms with Crippen molar-refractivity contribution in [3.05, 3.63) is 136 Å². The molecule has 3 unspecified atom stereocenters. The number of rotatable bonds is 12. The molecule has 270 valence electrons. The van der Waals surface area contributed by atoms with Crippen LogP contribution in [0.2, 0.25) is 0 Å². The summed E-state index contributed by atoms with van der Waals surface area (Å²) in [4.78, 5) is 57.3. The van der Waals surface area contributed by atoms with Crippen LogP contribution in [0.15, 0.2) is 97.1 Å². The van der Waals surface area contributed by atoms with Crippen molar-refractivity contribution in [1.82, 2.24) is 20.9 Å². The molecule has 1 heterocycles. The van der Waals surface area contributed by atoms with E-state index in [9.17, 15) is 19.2 Å². The Labute approximate surface area is 305 Å². The highest BCUT2D eigenvalue weighted by atomic mass is 16.5. The number of amides is 3. The minimum Gasteiger partial charge on any atom is -0.465 e. The van der Waals surface area contributed by atoms with Crippen LogP contribution in [0.3, 0.4) is 0 Å². The molecule has 0 saturated heterocycles. The molecule has 3 N–H and O–H groups in total. The lowest BCUT2D eigenvalue weighted by molar-refractivity contribution is -0.144. The minimum absolute atomic E-state index is 0.0575. The summed E-state index contributed by atoms with van der Waals surface area (Å²) in [5.74, 6) is -1.14. The summed E-state index contributed by atoms with van der Waals surface area (Å²) in [6, 6.07) is 29.7. The number of carbonyl (C=O) groups excluding carboxylic acids is 4. The molecule has 6 rings (SSSR count). The summed E-state index contributed by atoms with van der Waals surface area (Å²) in [7, 11) is 5.03. The van der Waals surface area contributed by atoms with Crippen LogP contribution in [0.5, 0.6) is 0 Å². The molecule has 2 aliphatic rings. The van der Waals surface area contributed by atoms with Gasteiger partial charge in [0, 0.05) is 38.7 Å². The molecule has 0 bridgehead atoms. The van der Waals surface area contributed by atoms with E-state index in [1.54, 1.807) is 24.1 Å². The first-order valence-corrected chi connectivity index (χ1v) is 17.9. The number of ether oxygens (including phenoxy) is 1. The molecule has 0 radical (unpaired) electrons. The number of hydrogen-bond donors (Lipinski definition) is 3. The first kappa shape index (κ1) is 36.3. The Kier molecular flexibility index (Phi) is 11.7. The molecule has 10 nitrogen and oxygen atoms in total. The molecule has 4 aromatic carbocycles. The lowest BCUT2D eigenvalue weighted by Gasteiger charge is -2.39. The number of hydrogen-bond acceptors (Lipinski definition) is 7. The Morgan fingerprint density at radius 1 is 0.865 bits per heavy atom. The third-order valence-corrected chi connectivity index (χ3v) is 10.1. The van der Waals surface area contributed by atoms with Crippen LogP contribution in [0.1, 0.15) is 62.6 Å². The largest absolute Gasteiger partial charge is 0.465 e. The average molecular weight is 702 g/mol. The van der Waals surface area contributed by atoms with Gasteiger partial charge in [0.2, 0.25) is 17.7 Å². The van der Waals surface area contributed by atoms with Gasteiger partial charge in [-0.3, -0.25) is 14.4 Å². The number of anilines is 1. The van der Waals surface area contributed by atoms with E-state index in [2.05, 4.69) is 33.0 Å². The van der Waals surface area contributed by atoms with Gasteiger partial charge in [-0.05, 0) is 84.0 Å². The first-order valence-electron chi connectivity index (χ1n) is 17.9. The zero-order chi connectivity index (χ0) is 36.6. The minimum atomic E-state index is -0.881. The number of benzene rings is 4.